The molecule has 828 valence electrons. The van der Waals surface area contributed by atoms with Gasteiger partial charge in [0.25, 0.3) is 0 Å². The van der Waals surface area contributed by atoms with Crippen molar-refractivity contribution in [2.45, 2.75) is 286 Å². The van der Waals surface area contributed by atoms with Crippen LogP contribution in [0.1, 0.15) is 180 Å². The molecule has 0 bridgehead atoms. The largest absolute Gasteiger partial charge is 0.508 e. The smallest absolute Gasteiger partial charge is 0.245 e. The zero-order chi connectivity index (χ0) is 112. The minimum Gasteiger partial charge on any atom is -0.508 e. The number of aromatic hydroxyl groups is 3. The highest BCUT2D eigenvalue weighted by atomic mass is 16.3. The standard InChI is InChI=1S/C96H151N31O23/c1-8-50(5)75(124-87(144)68(43-55-25-31-59(132)32-26-55)120-84(141)69(44-56-46-108-48-112-56)121-82(139)63(18-13-37-110-95(104)105)113-79(136)61(16-10-11-35-97)115-88(145)71(47-128)123-89(146)72-20-15-39-127(72)93(150)60(98)41-53-21-27-57(130)28-22-53)90(147)122-70(45-74(100)134)85(142)119-67(40-49(3)4)86(143)125-76(51(6)9-2)91(148)126-77(52(7)129)92(149)117-64(19-14-38-111-96(106)107)80(137)116-65(33-34-73(99)133)83(140)114-62(17-12-36-109-94(102)103)81(138)118-66(78(101)135)42-54-23-29-58(131)30-24-54/h21-32,46,48-52,60-72,75-77,128-132H,8-20,33-45,47,97-98H2,1-7H3,(H2,99,133)(H2,100,134)(H2,101,135)(H,108,112)(H,113,136)(H,114,140)(H,115,145)(H,116,137)(H,117,149)(H,118,138)(H,119,142)(H,120,141)(H,121,139)(H,122,147)(H,123,146)(H,124,144)(H,125,143)(H,126,148)(H4,102,103,109)(H4,104,105,110)(H4,106,107,111)/t50-,51-,52+,60-,61-,62-,63-,64-,65-,66-,67-,68-,69-,70-,71-,72-,75-,76-,77-/m0/s1. The number of hydrogen-bond donors (Lipinski definition) is 34. The maximum absolute atomic E-state index is 15.2. The van der Waals surface area contributed by atoms with Crippen LogP contribution in [-0.4, -0.2) is 307 Å². The molecule has 150 heavy (non-hydrogen) atoms. The highest BCUT2D eigenvalue weighted by Crippen LogP contribution is 2.24. The van der Waals surface area contributed by atoms with Crippen molar-refractivity contribution >= 4 is 124 Å². The summed E-state index contributed by atoms with van der Waals surface area (Å²) >= 11 is 0. The number of likely N-dealkylation sites (tertiary alicyclic amines) is 1. The first kappa shape index (κ1) is 125. The Morgan fingerprint density at radius 1 is 0.420 bits per heavy atom. The van der Waals surface area contributed by atoms with E-state index in [1.807, 2.05) is 0 Å². The van der Waals surface area contributed by atoms with E-state index >= 15 is 19.2 Å². The van der Waals surface area contributed by atoms with Crippen molar-refractivity contribution in [3.63, 3.8) is 0 Å². The second-order valence-electron chi connectivity index (χ2n) is 37.4. The summed E-state index contributed by atoms with van der Waals surface area (Å²) in [5, 5.41) is 118. The van der Waals surface area contributed by atoms with Gasteiger partial charge in [0, 0.05) is 58.1 Å². The second kappa shape index (κ2) is 63.8. The lowest BCUT2D eigenvalue weighted by atomic mass is 9.95. The number of nitrogens with zero attached hydrogens (tertiary/aromatic N) is 2. The molecule has 2 heterocycles. The lowest BCUT2D eigenvalue weighted by molar-refractivity contribution is -0.141. The van der Waals surface area contributed by atoms with Crippen molar-refractivity contribution in [2.24, 2.45) is 63.6 Å². The van der Waals surface area contributed by atoms with Crippen molar-refractivity contribution in [3.05, 3.63) is 108 Å². The number of rotatable bonds is 67. The molecule has 0 saturated carbocycles. The van der Waals surface area contributed by atoms with Crippen molar-refractivity contribution in [1.82, 2.24) is 105 Å². The van der Waals surface area contributed by atoms with Gasteiger partial charge in [0.2, 0.25) is 106 Å². The molecule has 19 atom stereocenters. The molecule has 0 unspecified atom stereocenters. The zero-order valence-corrected chi connectivity index (χ0v) is 85.3. The number of carbonyl (C=O) groups excluding carboxylic acids is 18. The Bertz CT molecular complexity index is 5200. The zero-order valence-electron chi connectivity index (χ0n) is 85.3. The van der Waals surface area contributed by atoms with Gasteiger partial charge in [0.15, 0.2) is 17.9 Å². The molecule has 54 nitrogen and oxygen atoms in total. The number of carbonyl (C=O) groups is 18. The number of hydrogen-bond acceptors (Lipinski definition) is 29. The van der Waals surface area contributed by atoms with Crippen molar-refractivity contribution in [2.75, 3.05) is 39.3 Å². The lowest BCUT2D eigenvalue weighted by Gasteiger charge is -2.31. The van der Waals surface area contributed by atoms with Gasteiger partial charge in [-0.15, -0.1) is 0 Å². The lowest BCUT2D eigenvalue weighted by Crippen LogP contribution is -2.63. The van der Waals surface area contributed by atoms with E-state index in [1.165, 1.54) is 91.9 Å². The molecule has 0 radical (unpaired) electrons. The van der Waals surface area contributed by atoms with Crippen LogP contribution in [0.3, 0.4) is 0 Å². The molecule has 1 aliphatic rings. The number of nitrogens with two attached hydrogens (primary N) is 8. The monoisotopic (exact) mass is 2110 g/mol. The summed E-state index contributed by atoms with van der Waals surface area (Å²) in [7, 11) is 0. The number of nitrogens with one attached hydrogen (secondary N) is 21. The van der Waals surface area contributed by atoms with Gasteiger partial charge in [0.05, 0.1) is 37.2 Å². The number of aromatic amines is 1. The summed E-state index contributed by atoms with van der Waals surface area (Å²) in [6, 6.07) is -8.52. The van der Waals surface area contributed by atoms with Gasteiger partial charge in [-0.2, -0.15) is 0 Å². The van der Waals surface area contributed by atoms with Crippen LogP contribution in [0.15, 0.2) is 85.3 Å². The summed E-state index contributed by atoms with van der Waals surface area (Å²) in [6.45, 7) is 9.95. The molecule has 1 aliphatic heterocycles. The number of primary amides is 3. The Labute approximate surface area is 867 Å². The van der Waals surface area contributed by atoms with Gasteiger partial charge in [-0.3, -0.25) is 103 Å². The molecule has 0 spiro atoms. The number of aliphatic hydroxyl groups is 2. The topological polar surface area (TPSA) is 925 Å². The number of phenolic OH excluding ortho intramolecular Hbond substituents is 3. The summed E-state index contributed by atoms with van der Waals surface area (Å²) in [6.07, 6.45) is -1.84. The summed E-state index contributed by atoms with van der Waals surface area (Å²) in [5.74, 6) is -22.3. The van der Waals surface area contributed by atoms with Crippen LogP contribution in [-0.2, 0) is 112 Å². The second-order valence-corrected chi connectivity index (χ2v) is 37.4. The maximum Gasteiger partial charge on any atom is 0.245 e. The Hall–Kier alpha value is -15.6. The number of guanidine groups is 3. The third-order valence-electron chi connectivity index (χ3n) is 24.8. The fourth-order valence-electron chi connectivity index (χ4n) is 16.0. The predicted octanol–water partition coefficient (Wildman–Crippen LogP) is -8.04. The van der Waals surface area contributed by atoms with Crippen LogP contribution in [0.2, 0.25) is 0 Å². The Kier molecular flexibility index (Phi) is 53.1. The van der Waals surface area contributed by atoms with Crippen molar-refractivity contribution in [3.8, 4) is 17.2 Å². The molecule has 1 fully saturated rings. The van der Waals surface area contributed by atoms with Gasteiger partial charge in [-0.1, -0.05) is 90.8 Å². The normalized spacial score (nSPS) is 15.8. The van der Waals surface area contributed by atoms with E-state index < -0.39 is 283 Å². The molecule has 4 aromatic rings. The van der Waals surface area contributed by atoms with Gasteiger partial charge >= 0.3 is 0 Å². The number of aliphatic hydroxyl groups excluding tert-OH is 2. The number of aromatic nitrogens is 2. The number of amides is 18. The molecule has 3 aromatic carbocycles. The van der Waals surface area contributed by atoms with Crippen LogP contribution in [0, 0.1) is 34.0 Å². The molecule has 54 heteroatoms. The molecule has 18 amide bonds. The van der Waals surface area contributed by atoms with Gasteiger partial charge in [0.1, 0.15) is 108 Å². The third kappa shape index (κ3) is 43.8. The van der Waals surface area contributed by atoms with Gasteiger partial charge < -0.3 is 172 Å². The molecular formula is C96H151N31O23. The third-order valence-corrected chi connectivity index (χ3v) is 24.8. The van der Waals surface area contributed by atoms with Crippen LogP contribution < -0.4 is 136 Å². The highest BCUT2D eigenvalue weighted by molar-refractivity contribution is 6.02. The molecule has 42 N–H and O–H groups in total. The highest BCUT2D eigenvalue weighted by Gasteiger charge is 2.43. The summed E-state index contributed by atoms with van der Waals surface area (Å²) in [4.78, 5) is 266. The molecule has 5 rings (SSSR count). The van der Waals surface area contributed by atoms with E-state index in [1.54, 1.807) is 39.8 Å². The number of unbranched alkanes of at least 4 members (excludes halogenated alkanes) is 1. The average molecular weight is 2110 g/mol. The predicted molar refractivity (Wildman–Crippen MR) is 546 cm³/mol. The fraction of sp³-hybridized carbons (Fsp3) is 0.562. The first-order valence-corrected chi connectivity index (χ1v) is 49.7. The number of imidazole rings is 1. The molecule has 1 aromatic heterocycles. The Morgan fingerprint density at radius 2 is 0.773 bits per heavy atom. The quantitative estimate of drug-likeness (QED) is 0.0111. The first-order valence-electron chi connectivity index (χ1n) is 49.7. The van der Waals surface area contributed by atoms with E-state index in [4.69, 9.17) is 62.1 Å². The minimum absolute atomic E-state index is 0.00216. The van der Waals surface area contributed by atoms with Crippen molar-refractivity contribution < 1.29 is 112 Å². The molecular weight excluding hydrogens is 1960 g/mol. The van der Waals surface area contributed by atoms with Crippen molar-refractivity contribution in [1.29, 1.82) is 16.2 Å². The average Bonchev–Trinajstić information content (AvgIpc) is 1.67. The number of H-pyrrole nitrogens is 1. The van der Waals surface area contributed by atoms with E-state index in [2.05, 4.69) is 100 Å². The maximum atomic E-state index is 15.2. The van der Waals surface area contributed by atoms with Gasteiger partial charge in [-0.05, 0) is 174 Å². The van der Waals surface area contributed by atoms with E-state index in [0.29, 0.717) is 29.5 Å². The van der Waals surface area contributed by atoms with Crippen LogP contribution in [0.5, 0.6) is 17.2 Å². The Morgan fingerprint density at radius 3 is 1.17 bits per heavy atom. The van der Waals surface area contributed by atoms with Gasteiger partial charge in [-0.25, -0.2) is 4.98 Å². The van der Waals surface area contributed by atoms with E-state index in [-0.39, 0.29) is 146 Å². The SMILES string of the molecule is CC[C@H](C)[C@H](NC(=O)[C@H](Cc1ccc(O)cc1)NC(=O)[C@H](Cc1c[nH]cn1)NC(=O)[C@H](CCCNC(=N)N)NC(=O)[C@H](CCCCN)NC(=O)[C@H](CO)NC(=O)[C@@H]1CCCN1C(=O)[C@@H](N)Cc1ccc(O)cc1)C(=O)N[C@@H](CC(N)=O)C(=O)N[C@@H](CC(C)C)C(=O)N[C@H](C(=O)N[C@H](C(=O)N[C@@H](CCCNC(=N)N)C(=O)N[C@@H](CCC(N)=O)C(=O)N[C@@H](CCCNC(=N)N)C(=O)N[C@@H](Cc1ccc(O)cc1)C(N)=O)[C@@H](C)O)[C@@H](C)CC. The van der Waals surface area contributed by atoms with E-state index in [9.17, 15) is 92.7 Å². The summed E-state index contributed by atoms with van der Waals surface area (Å²) < 4.78 is 0. The van der Waals surface area contributed by atoms with E-state index in [0.717, 1.165) is 6.92 Å². The van der Waals surface area contributed by atoms with Crippen LogP contribution in [0.25, 0.3) is 0 Å². The Balaban J connectivity index is 1.41. The number of benzene rings is 3. The molecule has 0 aliphatic carbocycles. The molecule has 1 saturated heterocycles. The minimum atomic E-state index is -1.97. The first-order chi connectivity index (χ1) is 71.0. The fourth-order valence-corrected chi connectivity index (χ4v) is 16.0. The van der Waals surface area contributed by atoms with Crippen LogP contribution in [0.4, 0.5) is 0 Å². The summed E-state index contributed by atoms with van der Waals surface area (Å²) in [5.41, 5.74) is 47.3. The van der Waals surface area contributed by atoms with Crippen LogP contribution >= 0.6 is 0 Å². The number of phenols is 3.